The highest BCUT2D eigenvalue weighted by atomic mass is 35.5. The zero-order valence-electron chi connectivity index (χ0n) is 12.0. The number of nitrogens with zero attached hydrogens (tertiary/aromatic N) is 2. The highest BCUT2D eigenvalue weighted by Crippen LogP contribution is 2.37. The zero-order chi connectivity index (χ0) is 17.3. The molecule has 3 rings (SSSR count). The van der Waals surface area contributed by atoms with E-state index in [9.17, 15) is 14.9 Å². The number of nitro groups is 1. The lowest BCUT2D eigenvalue weighted by Gasteiger charge is -2.13. The third-order valence-electron chi connectivity index (χ3n) is 3.29. The number of hydrogen-bond acceptors (Lipinski definition) is 5. The van der Waals surface area contributed by atoms with E-state index in [0.29, 0.717) is 25.5 Å². The minimum absolute atomic E-state index is 0.0933. The van der Waals surface area contributed by atoms with Crippen molar-refractivity contribution in [3.05, 3.63) is 74.1 Å². The molecule has 0 bridgehead atoms. The van der Waals surface area contributed by atoms with Crippen molar-refractivity contribution >= 4 is 63.3 Å². The topological polar surface area (TPSA) is 63.4 Å². The van der Waals surface area contributed by atoms with Crippen molar-refractivity contribution in [1.29, 1.82) is 0 Å². The number of anilines is 1. The Bertz CT molecular complexity index is 884. The van der Waals surface area contributed by atoms with E-state index in [1.165, 1.54) is 29.2 Å². The lowest BCUT2D eigenvalue weighted by atomic mass is 10.2. The minimum atomic E-state index is -0.511. The molecule has 120 valence electrons. The molecule has 1 heterocycles. The van der Waals surface area contributed by atoms with Gasteiger partial charge in [-0.25, -0.2) is 0 Å². The third-order valence-corrected chi connectivity index (χ3v) is 4.93. The Morgan fingerprint density at radius 3 is 2.58 bits per heavy atom. The van der Waals surface area contributed by atoms with Crippen molar-refractivity contribution in [3.8, 4) is 0 Å². The number of carbonyl (C=O) groups excluding carboxylic acids is 1. The Morgan fingerprint density at radius 1 is 1.21 bits per heavy atom. The van der Waals surface area contributed by atoms with Crippen LogP contribution in [0.1, 0.15) is 5.56 Å². The van der Waals surface area contributed by atoms with Crippen molar-refractivity contribution in [2.45, 2.75) is 0 Å². The number of rotatable bonds is 3. The third kappa shape index (κ3) is 3.19. The molecule has 2 aromatic carbocycles. The Hall–Kier alpha value is -2.22. The SMILES string of the molecule is O=C1/C(=C/c2cc([N+](=O)[O-])ccc2Cl)SC(=S)N1c1ccccc1. The molecular weight excluding hydrogens is 368 g/mol. The molecule has 0 saturated carbocycles. The highest BCUT2D eigenvalue weighted by Gasteiger charge is 2.33. The van der Waals surface area contributed by atoms with Crippen LogP contribution in [-0.2, 0) is 4.79 Å². The van der Waals surface area contributed by atoms with Gasteiger partial charge in [0.15, 0.2) is 4.32 Å². The quantitative estimate of drug-likeness (QED) is 0.337. The molecule has 0 spiro atoms. The van der Waals surface area contributed by atoms with E-state index < -0.39 is 4.92 Å². The molecule has 0 radical (unpaired) electrons. The Labute approximate surface area is 152 Å². The van der Waals surface area contributed by atoms with Crippen LogP contribution in [0, 0.1) is 10.1 Å². The van der Waals surface area contributed by atoms with Crippen LogP contribution >= 0.6 is 35.6 Å². The van der Waals surface area contributed by atoms with Gasteiger partial charge in [-0.15, -0.1) is 0 Å². The fourth-order valence-electron chi connectivity index (χ4n) is 2.16. The fraction of sp³-hybridized carbons (Fsp3) is 0. The van der Waals surface area contributed by atoms with Crippen LogP contribution in [0.4, 0.5) is 11.4 Å². The van der Waals surface area contributed by atoms with Crippen LogP contribution in [0.5, 0.6) is 0 Å². The molecule has 5 nitrogen and oxygen atoms in total. The molecule has 1 amide bonds. The molecule has 1 fully saturated rings. The predicted octanol–water partition coefficient (Wildman–Crippen LogP) is 4.65. The normalized spacial score (nSPS) is 16.0. The largest absolute Gasteiger partial charge is 0.270 e. The van der Waals surface area contributed by atoms with Gasteiger partial charge < -0.3 is 0 Å². The molecule has 0 aliphatic carbocycles. The van der Waals surface area contributed by atoms with Crippen LogP contribution in [0.15, 0.2) is 53.4 Å². The number of thiocarbonyl (C=S) groups is 1. The van der Waals surface area contributed by atoms with Gasteiger partial charge in [0.1, 0.15) is 0 Å². The molecule has 8 heteroatoms. The van der Waals surface area contributed by atoms with E-state index in [2.05, 4.69) is 0 Å². The number of para-hydroxylation sites is 1. The standard InChI is InChI=1S/C16H9ClN2O3S2/c17-13-7-6-12(19(21)22)8-10(13)9-14-15(20)18(16(23)24-14)11-4-2-1-3-5-11/h1-9H/b14-9-. The van der Waals surface area contributed by atoms with Gasteiger partial charge in [-0.05, 0) is 24.3 Å². The second-order valence-electron chi connectivity index (χ2n) is 4.82. The van der Waals surface area contributed by atoms with Gasteiger partial charge in [-0.2, -0.15) is 0 Å². The Kier molecular flexibility index (Phi) is 4.66. The van der Waals surface area contributed by atoms with Gasteiger partial charge in [-0.1, -0.05) is 53.8 Å². The summed E-state index contributed by atoms with van der Waals surface area (Å²) in [5.74, 6) is -0.279. The van der Waals surface area contributed by atoms with Gasteiger partial charge in [0, 0.05) is 22.7 Å². The number of nitro benzene ring substituents is 1. The van der Waals surface area contributed by atoms with Crippen LogP contribution in [0.3, 0.4) is 0 Å². The average molecular weight is 377 g/mol. The molecular formula is C16H9ClN2O3S2. The summed E-state index contributed by atoms with van der Waals surface area (Å²) in [4.78, 5) is 24.8. The second kappa shape index (κ2) is 6.72. The fourth-order valence-corrected chi connectivity index (χ4v) is 3.63. The lowest BCUT2D eigenvalue weighted by Crippen LogP contribution is -2.27. The molecule has 24 heavy (non-hydrogen) atoms. The summed E-state index contributed by atoms with van der Waals surface area (Å²) in [5.41, 5.74) is 0.983. The summed E-state index contributed by atoms with van der Waals surface area (Å²) >= 11 is 12.5. The molecule has 1 aliphatic heterocycles. The molecule has 2 aromatic rings. The molecule has 1 saturated heterocycles. The lowest BCUT2D eigenvalue weighted by molar-refractivity contribution is -0.384. The van der Waals surface area contributed by atoms with Gasteiger partial charge >= 0.3 is 0 Å². The number of halogens is 1. The molecule has 0 N–H and O–H groups in total. The number of carbonyl (C=O) groups is 1. The number of non-ortho nitro benzene ring substituents is 1. The first-order valence-corrected chi connectivity index (χ1v) is 8.34. The average Bonchev–Trinajstić information content (AvgIpc) is 2.84. The molecule has 0 atom stereocenters. The summed E-state index contributed by atoms with van der Waals surface area (Å²) in [7, 11) is 0. The maximum Gasteiger partial charge on any atom is 0.270 e. The van der Waals surface area contributed by atoms with E-state index in [1.807, 2.05) is 18.2 Å². The van der Waals surface area contributed by atoms with Crippen LogP contribution in [0.2, 0.25) is 5.02 Å². The van der Waals surface area contributed by atoms with E-state index in [0.717, 1.165) is 11.8 Å². The highest BCUT2D eigenvalue weighted by molar-refractivity contribution is 8.27. The van der Waals surface area contributed by atoms with Crippen molar-refractivity contribution < 1.29 is 9.72 Å². The second-order valence-corrected chi connectivity index (χ2v) is 6.90. The first-order chi connectivity index (χ1) is 11.5. The van der Waals surface area contributed by atoms with Gasteiger partial charge in [-0.3, -0.25) is 19.8 Å². The van der Waals surface area contributed by atoms with Crippen LogP contribution in [-0.4, -0.2) is 15.2 Å². The first-order valence-electron chi connectivity index (χ1n) is 6.74. The van der Waals surface area contributed by atoms with Crippen molar-refractivity contribution in [2.75, 3.05) is 4.90 Å². The summed E-state index contributed by atoms with van der Waals surface area (Å²) in [5, 5.41) is 11.2. The minimum Gasteiger partial charge on any atom is -0.268 e. The summed E-state index contributed by atoms with van der Waals surface area (Å²) in [6.07, 6.45) is 1.53. The molecule has 0 unspecified atom stereocenters. The maximum absolute atomic E-state index is 12.6. The van der Waals surface area contributed by atoms with E-state index in [1.54, 1.807) is 12.1 Å². The smallest absolute Gasteiger partial charge is 0.268 e. The summed E-state index contributed by atoms with van der Waals surface area (Å²) in [6.45, 7) is 0. The van der Waals surface area contributed by atoms with E-state index >= 15 is 0 Å². The van der Waals surface area contributed by atoms with E-state index in [-0.39, 0.29) is 11.6 Å². The number of benzene rings is 2. The van der Waals surface area contributed by atoms with E-state index in [4.69, 9.17) is 23.8 Å². The predicted molar refractivity (Wildman–Crippen MR) is 100 cm³/mol. The first kappa shape index (κ1) is 16.6. The molecule has 0 aromatic heterocycles. The van der Waals surface area contributed by atoms with Crippen molar-refractivity contribution in [2.24, 2.45) is 0 Å². The van der Waals surface area contributed by atoms with Crippen LogP contribution < -0.4 is 4.90 Å². The van der Waals surface area contributed by atoms with Crippen molar-refractivity contribution in [1.82, 2.24) is 0 Å². The number of thioether (sulfide) groups is 1. The Morgan fingerprint density at radius 2 is 1.92 bits per heavy atom. The summed E-state index contributed by atoms with van der Waals surface area (Å²) in [6, 6.07) is 13.1. The van der Waals surface area contributed by atoms with Crippen molar-refractivity contribution in [3.63, 3.8) is 0 Å². The van der Waals surface area contributed by atoms with Gasteiger partial charge in [0.25, 0.3) is 11.6 Å². The molecule has 1 aliphatic rings. The Balaban J connectivity index is 1.98. The maximum atomic E-state index is 12.6. The van der Waals surface area contributed by atoms with Crippen LogP contribution in [0.25, 0.3) is 6.08 Å². The zero-order valence-corrected chi connectivity index (χ0v) is 14.4. The van der Waals surface area contributed by atoms with Gasteiger partial charge in [0.2, 0.25) is 0 Å². The van der Waals surface area contributed by atoms with Gasteiger partial charge in [0.05, 0.1) is 15.5 Å². The monoisotopic (exact) mass is 376 g/mol. The number of amides is 1. The summed E-state index contributed by atoms with van der Waals surface area (Å²) < 4.78 is 0.402. The number of hydrogen-bond donors (Lipinski definition) is 0.